The highest BCUT2D eigenvalue weighted by molar-refractivity contribution is 5.89. The molecule has 1 heterocycles. The van der Waals surface area contributed by atoms with Gasteiger partial charge in [-0.3, -0.25) is 14.4 Å². The summed E-state index contributed by atoms with van der Waals surface area (Å²) < 4.78 is 10.8. The first-order valence-corrected chi connectivity index (χ1v) is 12.9. The van der Waals surface area contributed by atoms with Gasteiger partial charge in [-0.05, 0) is 43.6 Å². The molecule has 0 aromatic heterocycles. The van der Waals surface area contributed by atoms with Crippen molar-refractivity contribution in [3.63, 3.8) is 0 Å². The number of allylic oxidation sites excluding steroid dienone is 1. The lowest BCUT2D eigenvalue weighted by Crippen LogP contribution is -2.55. The average Bonchev–Trinajstić information content (AvgIpc) is 2.99. The minimum absolute atomic E-state index is 0.0965. The monoisotopic (exact) mass is 512 g/mol. The third-order valence-electron chi connectivity index (χ3n) is 6.76. The maximum atomic E-state index is 12.9. The third-order valence-corrected chi connectivity index (χ3v) is 6.76. The van der Waals surface area contributed by atoms with E-state index < -0.39 is 48.4 Å². The number of hydrogen-bond donors (Lipinski definition) is 5. The van der Waals surface area contributed by atoms with Crippen molar-refractivity contribution in [3.8, 4) is 0 Å². The van der Waals surface area contributed by atoms with Crippen molar-refractivity contribution in [1.29, 1.82) is 0 Å². The number of carbonyl (C=O) groups is 3. The number of nitrogens with one attached hydrogen (secondary N) is 2. The molecule has 0 bridgehead atoms. The van der Waals surface area contributed by atoms with Gasteiger partial charge < -0.3 is 35.4 Å². The topological polar surface area (TPSA) is 154 Å². The predicted octanol–water partition coefficient (Wildman–Crippen LogP) is 0.963. The van der Waals surface area contributed by atoms with E-state index in [-0.39, 0.29) is 30.3 Å². The van der Waals surface area contributed by atoms with Crippen LogP contribution in [0.1, 0.15) is 72.6 Å². The summed E-state index contributed by atoms with van der Waals surface area (Å²) in [5.41, 5.74) is 0.185. The van der Waals surface area contributed by atoms with Crippen molar-refractivity contribution >= 4 is 17.8 Å². The van der Waals surface area contributed by atoms with Crippen LogP contribution in [0.15, 0.2) is 11.6 Å². The van der Waals surface area contributed by atoms with Crippen LogP contribution in [0.4, 0.5) is 0 Å². The van der Waals surface area contributed by atoms with Crippen LogP contribution >= 0.6 is 0 Å². The van der Waals surface area contributed by atoms with E-state index in [9.17, 15) is 29.7 Å². The summed E-state index contributed by atoms with van der Waals surface area (Å²) >= 11 is 0. The van der Waals surface area contributed by atoms with Crippen molar-refractivity contribution in [2.75, 3.05) is 13.7 Å². The highest BCUT2D eigenvalue weighted by Crippen LogP contribution is 2.26. The van der Waals surface area contributed by atoms with Crippen molar-refractivity contribution in [1.82, 2.24) is 10.6 Å². The smallest absolute Gasteiger partial charge is 0.309 e. The maximum Gasteiger partial charge on any atom is 0.309 e. The number of aliphatic hydroxyl groups excluding tert-OH is 3. The molecule has 2 rings (SSSR count). The minimum Gasteiger partial charge on any atom is -0.460 e. The highest BCUT2D eigenvalue weighted by atomic mass is 16.5. The molecule has 36 heavy (non-hydrogen) atoms. The molecule has 2 amide bonds. The molecule has 2 aliphatic rings. The fraction of sp³-hybridized carbons (Fsp3) is 0.808. The first-order chi connectivity index (χ1) is 16.8. The molecule has 0 aromatic carbocycles. The van der Waals surface area contributed by atoms with E-state index in [2.05, 4.69) is 10.6 Å². The van der Waals surface area contributed by atoms with Gasteiger partial charge in [-0.25, -0.2) is 0 Å². The van der Waals surface area contributed by atoms with Crippen LogP contribution in [0.5, 0.6) is 0 Å². The predicted molar refractivity (Wildman–Crippen MR) is 133 cm³/mol. The molecular weight excluding hydrogens is 468 g/mol. The molecule has 0 aromatic rings. The van der Waals surface area contributed by atoms with E-state index in [0.717, 1.165) is 32.1 Å². The van der Waals surface area contributed by atoms with Gasteiger partial charge in [0.05, 0.1) is 12.5 Å². The number of aliphatic hydroxyl groups is 3. The Morgan fingerprint density at radius 1 is 1.06 bits per heavy atom. The van der Waals surface area contributed by atoms with Crippen molar-refractivity contribution < 1.29 is 39.2 Å². The SMILES string of the molecule is CO[C@@H](C(=O)N[C@H]1CC[C@@H](OC(=O)C2CCCCC2)CNC1=O)[C@H](O)[C@@H](O)[C@H](O)/C(C)=C/C(C)(C)C. The third kappa shape index (κ3) is 8.83. The summed E-state index contributed by atoms with van der Waals surface area (Å²) in [7, 11) is 1.19. The molecule has 1 saturated carbocycles. The Kier molecular flexibility index (Phi) is 11.3. The number of methoxy groups -OCH3 is 1. The summed E-state index contributed by atoms with van der Waals surface area (Å²) in [5, 5.41) is 36.8. The van der Waals surface area contributed by atoms with Crippen LogP contribution in [-0.2, 0) is 23.9 Å². The molecule has 0 spiro atoms. The Labute approximate surface area is 213 Å². The van der Waals surface area contributed by atoms with Crippen molar-refractivity contribution in [2.45, 2.75) is 109 Å². The number of esters is 1. The summed E-state index contributed by atoms with van der Waals surface area (Å²) in [6.45, 7) is 7.57. The van der Waals surface area contributed by atoms with Crippen LogP contribution in [-0.4, -0.2) is 83.3 Å². The Hall–Kier alpha value is -2.01. The van der Waals surface area contributed by atoms with E-state index in [1.165, 1.54) is 7.11 Å². The molecule has 1 saturated heterocycles. The summed E-state index contributed by atoms with van der Waals surface area (Å²) in [4.78, 5) is 37.9. The number of hydrogen-bond acceptors (Lipinski definition) is 8. The lowest BCUT2D eigenvalue weighted by Gasteiger charge is -2.30. The second-order valence-corrected chi connectivity index (χ2v) is 11.1. The molecule has 0 unspecified atom stereocenters. The zero-order valence-corrected chi connectivity index (χ0v) is 22.2. The molecule has 10 nitrogen and oxygen atoms in total. The normalized spacial score (nSPS) is 25.7. The van der Waals surface area contributed by atoms with E-state index in [1.807, 2.05) is 20.8 Å². The van der Waals surface area contributed by atoms with E-state index in [0.29, 0.717) is 12.0 Å². The molecule has 1 aliphatic carbocycles. The standard InChI is InChI=1S/C26H44N2O8/c1-15(13-26(2,3)4)19(29)20(30)21(31)22(35-5)24(33)28-18-12-11-17(14-27-23(18)32)36-25(34)16-9-7-6-8-10-16/h13,16-22,29-31H,6-12,14H2,1-5H3,(H,27,32)(H,28,33)/b15-13+/t17-,18+,19-,20+,21-,22-/m1/s1. The number of carbonyl (C=O) groups excluding carboxylic acids is 3. The maximum absolute atomic E-state index is 12.9. The lowest BCUT2D eigenvalue weighted by atomic mass is 9.89. The van der Waals surface area contributed by atoms with Gasteiger partial charge in [0.15, 0.2) is 6.10 Å². The zero-order chi connectivity index (χ0) is 27.0. The molecule has 0 radical (unpaired) electrons. The van der Waals surface area contributed by atoms with Gasteiger partial charge in [-0.15, -0.1) is 0 Å². The first kappa shape index (κ1) is 30.2. The second-order valence-electron chi connectivity index (χ2n) is 11.1. The minimum atomic E-state index is -1.74. The van der Waals surface area contributed by atoms with Crippen LogP contribution in [0.2, 0.25) is 0 Å². The van der Waals surface area contributed by atoms with Crippen LogP contribution in [0.3, 0.4) is 0 Å². The molecule has 206 valence electrons. The highest BCUT2D eigenvalue weighted by Gasteiger charge is 2.39. The van der Waals surface area contributed by atoms with Gasteiger partial charge in [0.1, 0.15) is 30.5 Å². The average molecular weight is 513 g/mol. The molecule has 6 atom stereocenters. The number of amides is 2. The largest absolute Gasteiger partial charge is 0.460 e. The molecule has 5 N–H and O–H groups in total. The van der Waals surface area contributed by atoms with Crippen LogP contribution < -0.4 is 10.6 Å². The fourth-order valence-corrected chi connectivity index (χ4v) is 4.82. The van der Waals surface area contributed by atoms with Crippen LogP contribution in [0, 0.1) is 11.3 Å². The Morgan fingerprint density at radius 2 is 1.69 bits per heavy atom. The zero-order valence-electron chi connectivity index (χ0n) is 22.2. The van der Waals surface area contributed by atoms with Gasteiger partial charge in [-0.2, -0.15) is 0 Å². The van der Waals surface area contributed by atoms with Crippen molar-refractivity contribution in [2.24, 2.45) is 11.3 Å². The number of rotatable bonds is 9. The van der Waals surface area contributed by atoms with E-state index in [1.54, 1.807) is 13.0 Å². The summed E-state index contributed by atoms with van der Waals surface area (Å²) in [5.74, 6) is -1.57. The van der Waals surface area contributed by atoms with Crippen molar-refractivity contribution in [3.05, 3.63) is 11.6 Å². The van der Waals surface area contributed by atoms with Gasteiger partial charge in [-0.1, -0.05) is 46.1 Å². The van der Waals surface area contributed by atoms with Gasteiger partial charge >= 0.3 is 5.97 Å². The van der Waals surface area contributed by atoms with E-state index in [4.69, 9.17) is 9.47 Å². The van der Waals surface area contributed by atoms with E-state index >= 15 is 0 Å². The molecule has 2 fully saturated rings. The Bertz CT molecular complexity index is 787. The second kappa shape index (κ2) is 13.5. The van der Waals surface area contributed by atoms with Gasteiger partial charge in [0, 0.05) is 7.11 Å². The van der Waals surface area contributed by atoms with Gasteiger partial charge in [0.25, 0.3) is 5.91 Å². The molecule has 10 heteroatoms. The molecular formula is C26H44N2O8. The fourth-order valence-electron chi connectivity index (χ4n) is 4.82. The Balaban J connectivity index is 1.95. The number of ether oxygens (including phenoxy) is 2. The lowest BCUT2D eigenvalue weighted by molar-refractivity contribution is -0.155. The molecule has 1 aliphatic heterocycles. The first-order valence-electron chi connectivity index (χ1n) is 12.9. The van der Waals surface area contributed by atoms with Gasteiger partial charge in [0.2, 0.25) is 5.91 Å². The van der Waals surface area contributed by atoms with Crippen LogP contribution in [0.25, 0.3) is 0 Å². The summed E-state index contributed by atoms with van der Waals surface area (Å²) in [6.07, 6.45) is 0.325. The summed E-state index contributed by atoms with van der Waals surface area (Å²) in [6, 6.07) is -0.926. The quantitative estimate of drug-likeness (QED) is 0.226. The Morgan fingerprint density at radius 3 is 2.28 bits per heavy atom.